The van der Waals surface area contributed by atoms with E-state index in [-0.39, 0.29) is 0 Å². The Balaban J connectivity index is 3.24. The highest BCUT2D eigenvalue weighted by Gasteiger charge is 2.18. The first-order chi connectivity index (χ1) is 6.98. The van der Waals surface area contributed by atoms with Crippen LogP contribution in [0.25, 0.3) is 0 Å². The molecule has 0 saturated heterocycles. The summed E-state index contributed by atoms with van der Waals surface area (Å²) in [6, 6.07) is 0. The van der Waals surface area contributed by atoms with E-state index < -0.39 is 0 Å². The van der Waals surface area contributed by atoms with Crippen molar-refractivity contribution in [2.45, 2.75) is 47.5 Å². The van der Waals surface area contributed by atoms with E-state index in [1.807, 2.05) is 0 Å². The smallest absolute Gasteiger partial charge is 0.0590 e. The molecule has 92 valence electrons. The first-order valence-electron chi connectivity index (χ1n) is 6.27. The van der Waals surface area contributed by atoms with Gasteiger partial charge in [-0.25, -0.2) is 0 Å². The van der Waals surface area contributed by atoms with Crippen LogP contribution in [0.3, 0.4) is 0 Å². The molecule has 0 heterocycles. The molecule has 0 amide bonds. The van der Waals surface area contributed by atoms with Crippen molar-refractivity contribution in [2.24, 2.45) is 11.3 Å². The van der Waals surface area contributed by atoms with E-state index >= 15 is 0 Å². The largest absolute Gasteiger partial charge is 0.380 e. The second-order valence-electron chi connectivity index (χ2n) is 5.44. The average molecular weight is 215 g/mol. The Kier molecular flexibility index (Phi) is 8.07. The third kappa shape index (κ3) is 8.88. The normalized spacial score (nSPS) is 14.2. The van der Waals surface area contributed by atoms with E-state index in [1.54, 1.807) is 0 Å². The molecule has 0 aromatic carbocycles. The molecule has 0 spiro atoms. The SMILES string of the molecule is CCCCOCCNCC(C)C(C)(C)C. The summed E-state index contributed by atoms with van der Waals surface area (Å²) >= 11 is 0. The van der Waals surface area contributed by atoms with Crippen LogP contribution in [0.5, 0.6) is 0 Å². The molecule has 0 saturated carbocycles. The molecule has 1 atom stereocenters. The van der Waals surface area contributed by atoms with Crippen LogP contribution in [0.1, 0.15) is 47.5 Å². The van der Waals surface area contributed by atoms with Gasteiger partial charge in [0, 0.05) is 13.2 Å². The molecular weight excluding hydrogens is 186 g/mol. The molecule has 0 aliphatic heterocycles. The summed E-state index contributed by atoms with van der Waals surface area (Å²) in [7, 11) is 0. The van der Waals surface area contributed by atoms with Gasteiger partial charge in [-0.15, -0.1) is 0 Å². The Hall–Kier alpha value is -0.0800. The van der Waals surface area contributed by atoms with Crippen molar-refractivity contribution in [3.8, 4) is 0 Å². The molecule has 0 fully saturated rings. The quantitative estimate of drug-likeness (QED) is 0.628. The minimum absolute atomic E-state index is 0.399. The fourth-order valence-electron chi connectivity index (χ4n) is 1.12. The molecular formula is C13H29NO. The van der Waals surface area contributed by atoms with Gasteiger partial charge in [-0.3, -0.25) is 0 Å². The highest BCUT2D eigenvalue weighted by atomic mass is 16.5. The lowest BCUT2D eigenvalue weighted by atomic mass is 9.82. The zero-order chi connectivity index (χ0) is 11.7. The number of nitrogens with one attached hydrogen (secondary N) is 1. The summed E-state index contributed by atoms with van der Waals surface area (Å²) in [4.78, 5) is 0. The minimum atomic E-state index is 0.399. The molecule has 2 nitrogen and oxygen atoms in total. The molecule has 15 heavy (non-hydrogen) atoms. The predicted molar refractivity (Wildman–Crippen MR) is 67.2 cm³/mol. The zero-order valence-electron chi connectivity index (χ0n) is 11.2. The highest BCUT2D eigenvalue weighted by Crippen LogP contribution is 2.24. The number of unbranched alkanes of at least 4 members (excludes halogenated alkanes) is 1. The Morgan fingerprint density at radius 2 is 1.87 bits per heavy atom. The van der Waals surface area contributed by atoms with E-state index in [0.717, 1.165) is 26.3 Å². The van der Waals surface area contributed by atoms with Gasteiger partial charge in [0.25, 0.3) is 0 Å². The van der Waals surface area contributed by atoms with Gasteiger partial charge in [0.15, 0.2) is 0 Å². The Morgan fingerprint density at radius 1 is 1.20 bits per heavy atom. The molecule has 2 heteroatoms. The van der Waals surface area contributed by atoms with Crippen molar-refractivity contribution in [3.05, 3.63) is 0 Å². The number of rotatable bonds is 8. The molecule has 0 aromatic rings. The predicted octanol–water partition coefficient (Wildman–Crippen LogP) is 3.07. The lowest BCUT2D eigenvalue weighted by Crippen LogP contribution is -2.31. The highest BCUT2D eigenvalue weighted by molar-refractivity contribution is 4.71. The van der Waals surface area contributed by atoms with E-state index in [9.17, 15) is 0 Å². The van der Waals surface area contributed by atoms with E-state index in [2.05, 4.69) is 39.9 Å². The van der Waals surface area contributed by atoms with Crippen LogP contribution in [-0.2, 0) is 4.74 Å². The molecule has 0 bridgehead atoms. The maximum absolute atomic E-state index is 5.48. The number of ether oxygens (including phenoxy) is 1. The van der Waals surface area contributed by atoms with Crippen LogP contribution in [0.4, 0.5) is 0 Å². The van der Waals surface area contributed by atoms with Crippen molar-refractivity contribution in [2.75, 3.05) is 26.3 Å². The van der Waals surface area contributed by atoms with Crippen molar-refractivity contribution in [1.29, 1.82) is 0 Å². The zero-order valence-corrected chi connectivity index (χ0v) is 11.2. The monoisotopic (exact) mass is 215 g/mol. The van der Waals surface area contributed by atoms with Crippen LogP contribution in [0.15, 0.2) is 0 Å². The third-order valence-corrected chi connectivity index (χ3v) is 2.99. The molecule has 0 aromatic heterocycles. The molecule has 0 aliphatic carbocycles. The van der Waals surface area contributed by atoms with E-state index in [4.69, 9.17) is 4.74 Å². The van der Waals surface area contributed by atoms with Crippen LogP contribution in [0.2, 0.25) is 0 Å². The molecule has 1 unspecified atom stereocenters. The maximum atomic E-state index is 5.48. The molecule has 0 rings (SSSR count). The number of hydrogen-bond donors (Lipinski definition) is 1. The fourth-order valence-corrected chi connectivity index (χ4v) is 1.12. The summed E-state index contributed by atoms with van der Waals surface area (Å²) in [5.41, 5.74) is 0.399. The lowest BCUT2D eigenvalue weighted by molar-refractivity contribution is 0.130. The second kappa shape index (κ2) is 8.12. The first kappa shape index (κ1) is 14.9. The van der Waals surface area contributed by atoms with Crippen molar-refractivity contribution in [3.63, 3.8) is 0 Å². The summed E-state index contributed by atoms with van der Waals surface area (Å²) in [5, 5.41) is 3.44. The summed E-state index contributed by atoms with van der Waals surface area (Å²) in [5.74, 6) is 0.702. The van der Waals surface area contributed by atoms with Crippen molar-refractivity contribution >= 4 is 0 Å². The topological polar surface area (TPSA) is 21.3 Å². The Labute approximate surface area is 95.8 Å². The summed E-state index contributed by atoms with van der Waals surface area (Å²) in [6.07, 6.45) is 2.40. The van der Waals surface area contributed by atoms with Gasteiger partial charge in [0.1, 0.15) is 0 Å². The Bertz CT molecular complexity index is 140. The first-order valence-corrected chi connectivity index (χ1v) is 6.27. The fraction of sp³-hybridized carbons (Fsp3) is 1.00. The van der Waals surface area contributed by atoms with Crippen LogP contribution < -0.4 is 5.32 Å². The van der Waals surface area contributed by atoms with Crippen molar-refractivity contribution < 1.29 is 4.74 Å². The van der Waals surface area contributed by atoms with Gasteiger partial charge >= 0.3 is 0 Å². The van der Waals surface area contributed by atoms with Crippen LogP contribution >= 0.6 is 0 Å². The summed E-state index contributed by atoms with van der Waals surface area (Å²) in [6.45, 7) is 15.2. The molecule has 0 radical (unpaired) electrons. The van der Waals surface area contributed by atoms with Gasteiger partial charge in [-0.05, 0) is 24.3 Å². The van der Waals surface area contributed by atoms with Gasteiger partial charge < -0.3 is 10.1 Å². The van der Waals surface area contributed by atoms with Crippen LogP contribution in [-0.4, -0.2) is 26.3 Å². The summed E-state index contributed by atoms with van der Waals surface area (Å²) < 4.78 is 5.48. The van der Waals surface area contributed by atoms with E-state index in [0.29, 0.717) is 11.3 Å². The standard InChI is InChI=1S/C13H29NO/c1-6-7-9-15-10-8-14-11-12(2)13(3,4)5/h12,14H,6-11H2,1-5H3. The van der Waals surface area contributed by atoms with Gasteiger partial charge in [0.2, 0.25) is 0 Å². The van der Waals surface area contributed by atoms with Gasteiger partial charge in [0.05, 0.1) is 6.61 Å². The maximum Gasteiger partial charge on any atom is 0.0590 e. The second-order valence-corrected chi connectivity index (χ2v) is 5.44. The van der Waals surface area contributed by atoms with Gasteiger partial charge in [-0.2, -0.15) is 0 Å². The molecule has 1 N–H and O–H groups in total. The Morgan fingerprint density at radius 3 is 2.40 bits per heavy atom. The molecule has 0 aliphatic rings. The van der Waals surface area contributed by atoms with Crippen LogP contribution in [0, 0.1) is 11.3 Å². The average Bonchev–Trinajstić information content (AvgIpc) is 2.14. The van der Waals surface area contributed by atoms with Gasteiger partial charge in [-0.1, -0.05) is 41.0 Å². The lowest BCUT2D eigenvalue weighted by Gasteiger charge is -2.27. The third-order valence-electron chi connectivity index (χ3n) is 2.99. The van der Waals surface area contributed by atoms with E-state index in [1.165, 1.54) is 12.8 Å². The van der Waals surface area contributed by atoms with Crippen molar-refractivity contribution in [1.82, 2.24) is 5.32 Å². The number of hydrogen-bond acceptors (Lipinski definition) is 2. The minimum Gasteiger partial charge on any atom is -0.380 e.